The molecule has 0 aliphatic carbocycles. The van der Waals surface area contributed by atoms with Crippen molar-refractivity contribution in [2.75, 3.05) is 6.54 Å². The molecule has 0 bridgehead atoms. The first-order valence-corrected chi connectivity index (χ1v) is 13.6. The number of aliphatic carboxylic acids is 2. The number of carbonyl (C=O) groups excluding carboxylic acids is 4. The Bertz CT molecular complexity index is 1260. The molecule has 4 atom stereocenters. The molecule has 4 amide bonds. The number of benzene rings is 1. The summed E-state index contributed by atoms with van der Waals surface area (Å²) < 4.78 is 0. The molecular formula is C27H39N7O8. The second-order valence-electron chi connectivity index (χ2n) is 9.91. The third-order valence-electron chi connectivity index (χ3n) is 6.61. The fourth-order valence-corrected chi connectivity index (χ4v) is 4.27. The summed E-state index contributed by atoms with van der Waals surface area (Å²) in [5, 5.41) is 27.1. The number of hydrogen-bond acceptors (Lipinski definition) is 8. The Morgan fingerprint density at radius 3 is 2.05 bits per heavy atom. The molecule has 42 heavy (non-hydrogen) atoms. The van der Waals surface area contributed by atoms with Gasteiger partial charge in [-0.2, -0.15) is 0 Å². The molecule has 12 N–H and O–H groups in total. The van der Waals surface area contributed by atoms with E-state index < -0.39 is 66.2 Å². The average molecular weight is 590 g/mol. The number of hydrogen-bond donors (Lipinski definition) is 9. The number of aromatic amines is 1. The molecule has 0 aliphatic rings. The highest BCUT2D eigenvalue weighted by Gasteiger charge is 2.31. The van der Waals surface area contributed by atoms with Gasteiger partial charge < -0.3 is 48.3 Å². The predicted octanol–water partition coefficient (Wildman–Crippen LogP) is -1.16. The minimum Gasteiger partial charge on any atom is -0.481 e. The van der Waals surface area contributed by atoms with E-state index in [0.717, 1.165) is 10.9 Å². The maximum absolute atomic E-state index is 13.3. The van der Waals surface area contributed by atoms with E-state index in [1.165, 1.54) is 0 Å². The number of carboxylic acid groups (broad SMARTS) is 2. The molecule has 0 saturated heterocycles. The van der Waals surface area contributed by atoms with Gasteiger partial charge in [0.25, 0.3) is 0 Å². The first-order valence-electron chi connectivity index (χ1n) is 13.6. The van der Waals surface area contributed by atoms with E-state index in [0.29, 0.717) is 24.9 Å². The average Bonchev–Trinajstić information content (AvgIpc) is 3.35. The van der Waals surface area contributed by atoms with Crippen LogP contribution in [0.25, 0.3) is 10.9 Å². The van der Waals surface area contributed by atoms with E-state index in [9.17, 15) is 33.9 Å². The molecule has 0 saturated carbocycles. The van der Waals surface area contributed by atoms with Crippen molar-refractivity contribution in [1.29, 1.82) is 0 Å². The van der Waals surface area contributed by atoms with Gasteiger partial charge in [0.2, 0.25) is 23.6 Å². The van der Waals surface area contributed by atoms with Gasteiger partial charge in [-0.3, -0.25) is 24.0 Å². The van der Waals surface area contributed by atoms with E-state index in [1.807, 2.05) is 18.2 Å². The zero-order valence-corrected chi connectivity index (χ0v) is 23.1. The molecule has 2 aromatic rings. The summed E-state index contributed by atoms with van der Waals surface area (Å²) in [5.74, 6) is -5.61. The van der Waals surface area contributed by atoms with Crippen molar-refractivity contribution >= 4 is 46.5 Å². The second-order valence-corrected chi connectivity index (χ2v) is 9.91. The first kappa shape index (κ1) is 33.7. The Balaban J connectivity index is 2.18. The van der Waals surface area contributed by atoms with Crippen molar-refractivity contribution in [1.82, 2.24) is 20.9 Å². The van der Waals surface area contributed by atoms with Gasteiger partial charge in [0.1, 0.15) is 18.1 Å². The van der Waals surface area contributed by atoms with Crippen molar-refractivity contribution in [2.24, 2.45) is 17.2 Å². The van der Waals surface area contributed by atoms with Crippen LogP contribution < -0.4 is 33.2 Å². The molecule has 230 valence electrons. The highest BCUT2D eigenvalue weighted by atomic mass is 16.4. The molecule has 0 radical (unpaired) electrons. The number of primary amides is 1. The largest absolute Gasteiger partial charge is 0.481 e. The summed E-state index contributed by atoms with van der Waals surface area (Å²) in [4.78, 5) is 76.3. The van der Waals surface area contributed by atoms with Crippen molar-refractivity contribution in [3.8, 4) is 0 Å². The first-order chi connectivity index (χ1) is 19.9. The topological polar surface area (TPSA) is 273 Å². The highest BCUT2D eigenvalue weighted by molar-refractivity contribution is 5.94. The number of amides is 4. The predicted molar refractivity (Wildman–Crippen MR) is 152 cm³/mol. The van der Waals surface area contributed by atoms with Crippen molar-refractivity contribution in [3.63, 3.8) is 0 Å². The van der Waals surface area contributed by atoms with Gasteiger partial charge in [0.15, 0.2) is 0 Å². The molecular weight excluding hydrogens is 550 g/mol. The molecule has 0 aliphatic heterocycles. The summed E-state index contributed by atoms with van der Waals surface area (Å²) in [5.41, 5.74) is 17.9. The second kappa shape index (κ2) is 16.7. The summed E-state index contributed by atoms with van der Waals surface area (Å²) in [6, 6.07) is 2.19. The maximum Gasteiger partial charge on any atom is 0.326 e. The number of carbonyl (C=O) groups is 6. The fourth-order valence-electron chi connectivity index (χ4n) is 4.27. The number of rotatable bonds is 19. The van der Waals surface area contributed by atoms with Crippen LogP contribution in [0, 0.1) is 0 Å². The number of H-pyrrole nitrogens is 1. The standard InChI is InChI=1S/C27H39N7O8/c28-12-4-3-7-19(25(39)34-21(27(41)42)13-15-14-31-18-6-2-1-5-16(15)18)33-26(40)20(9-11-23(36)37)32-24(38)17(29)8-10-22(30)35/h1-2,5-6,14,17,19-21,31H,3-4,7-13,28-29H2,(H2,30,35)(H,32,38)(H,33,40)(H,34,39)(H,36,37)(H,41,42). The summed E-state index contributed by atoms with van der Waals surface area (Å²) in [7, 11) is 0. The van der Waals surface area contributed by atoms with E-state index in [1.54, 1.807) is 12.3 Å². The molecule has 4 unspecified atom stereocenters. The Morgan fingerprint density at radius 2 is 1.43 bits per heavy atom. The molecule has 1 aromatic carbocycles. The smallest absolute Gasteiger partial charge is 0.326 e. The lowest BCUT2D eigenvalue weighted by Gasteiger charge is -2.25. The Kier molecular flexibility index (Phi) is 13.4. The van der Waals surface area contributed by atoms with Crippen LogP contribution in [0.2, 0.25) is 0 Å². The molecule has 1 heterocycles. The van der Waals surface area contributed by atoms with Crippen LogP contribution in [0.4, 0.5) is 0 Å². The third-order valence-corrected chi connectivity index (χ3v) is 6.61. The summed E-state index contributed by atoms with van der Waals surface area (Å²) in [6.45, 7) is 0.321. The van der Waals surface area contributed by atoms with Crippen LogP contribution in [0.1, 0.15) is 50.5 Å². The molecule has 15 nitrogen and oxygen atoms in total. The zero-order valence-electron chi connectivity index (χ0n) is 23.1. The van der Waals surface area contributed by atoms with Gasteiger partial charge in [-0.25, -0.2) is 4.79 Å². The lowest BCUT2D eigenvalue weighted by Crippen LogP contribution is -2.57. The quantitative estimate of drug-likeness (QED) is 0.0886. The highest BCUT2D eigenvalue weighted by Crippen LogP contribution is 2.19. The maximum atomic E-state index is 13.3. The molecule has 0 spiro atoms. The lowest BCUT2D eigenvalue weighted by molar-refractivity contribution is -0.142. The molecule has 1 aromatic heterocycles. The molecule has 15 heteroatoms. The minimum atomic E-state index is -1.38. The number of aromatic nitrogens is 1. The number of carboxylic acids is 2. The van der Waals surface area contributed by atoms with Gasteiger partial charge in [-0.1, -0.05) is 18.2 Å². The van der Waals surface area contributed by atoms with Crippen LogP contribution in [-0.4, -0.2) is 81.5 Å². The SMILES string of the molecule is NCCCCC(NC(=O)C(CCC(=O)O)NC(=O)C(N)CCC(N)=O)C(=O)NC(Cc1c[nH]c2ccccc12)C(=O)O. The summed E-state index contributed by atoms with van der Waals surface area (Å²) in [6.07, 6.45) is 1.61. The van der Waals surface area contributed by atoms with E-state index in [-0.39, 0.29) is 32.1 Å². The van der Waals surface area contributed by atoms with E-state index in [2.05, 4.69) is 20.9 Å². The Labute approximate surface area is 241 Å². The van der Waals surface area contributed by atoms with Crippen LogP contribution in [0.15, 0.2) is 30.5 Å². The Hall–Kier alpha value is -4.50. The van der Waals surface area contributed by atoms with Crippen molar-refractivity contribution < 1.29 is 39.0 Å². The van der Waals surface area contributed by atoms with Crippen LogP contribution in [0.3, 0.4) is 0 Å². The Morgan fingerprint density at radius 1 is 0.810 bits per heavy atom. The van der Waals surface area contributed by atoms with Gasteiger partial charge in [-0.05, 0) is 50.3 Å². The van der Waals surface area contributed by atoms with Crippen LogP contribution >= 0.6 is 0 Å². The van der Waals surface area contributed by atoms with Crippen molar-refractivity contribution in [3.05, 3.63) is 36.0 Å². The third kappa shape index (κ3) is 10.8. The summed E-state index contributed by atoms with van der Waals surface area (Å²) >= 11 is 0. The number of unbranched alkanes of at least 4 members (excludes halogenated alkanes) is 1. The van der Waals surface area contributed by atoms with Gasteiger partial charge in [0.05, 0.1) is 6.04 Å². The van der Waals surface area contributed by atoms with Crippen LogP contribution in [0.5, 0.6) is 0 Å². The van der Waals surface area contributed by atoms with Gasteiger partial charge in [-0.15, -0.1) is 0 Å². The number of nitrogens with one attached hydrogen (secondary N) is 4. The molecule has 0 fully saturated rings. The normalized spacial score (nSPS) is 13.9. The van der Waals surface area contributed by atoms with Crippen molar-refractivity contribution in [2.45, 2.75) is 75.5 Å². The van der Waals surface area contributed by atoms with E-state index in [4.69, 9.17) is 22.3 Å². The lowest BCUT2D eigenvalue weighted by atomic mass is 10.0. The number of nitrogens with two attached hydrogens (primary N) is 3. The number of fused-ring (bicyclic) bond motifs is 1. The monoisotopic (exact) mass is 589 g/mol. The fraction of sp³-hybridized carbons (Fsp3) is 0.481. The van der Waals surface area contributed by atoms with Crippen LogP contribution in [-0.2, 0) is 35.2 Å². The van der Waals surface area contributed by atoms with Gasteiger partial charge >= 0.3 is 11.9 Å². The van der Waals surface area contributed by atoms with E-state index >= 15 is 0 Å². The zero-order chi connectivity index (χ0) is 31.2. The minimum absolute atomic E-state index is 0.0327. The number of para-hydroxylation sites is 1. The van der Waals surface area contributed by atoms with Gasteiger partial charge in [0, 0.05) is 36.4 Å². The molecule has 2 rings (SSSR count).